The number of nitrogens with one attached hydrogen (secondary N) is 1. The summed E-state index contributed by atoms with van der Waals surface area (Å²) in [7, 11) is 5.90. The molecule has 0 aliphatic carbocycles. The number of carboxylic acid groups (broad SMARTS) is 1. The molecule has 0 spiro atoms. The Morgan fingerprint density at radius 2 is 1.54 bits per heavy atom. The summed E-state index contributed by atoms with van der Waals surface area (Å²) >= 11 is 0. The van der Waals surface area contributed by atoms with E-state index in [1.807, 2.05) is 12.1 Å². The largest absolute Gasteiger partial charge is 0.496 e. The molecule has 0 aliphatic heterocycles. The van der Waals surface area contributed by atoms with Gasteiger partial charge < -0.3 is 24.1 Å². The van der Waals surface area contributed by atoms with E-state index in [-0.39, 0.29) is 11.3 Å². The molecule has 0 bridgehead atoms. The molecule has 35 heavy (non-hydrogen) atoms. The predicted octanol–water partition coefficient (Wildman–Crippen LogP) is 2.17. The number of methoxy groups -OCH3 is 4. The molecule has 0 saturated heterocycles. The van der Waals surface area contributed by atoms with Crippen LogP contribution in [0.1, 0.15) is 22.7 Å². The molecule has 0 amide bonds. The first-order chi connectivity index (χ1) is 16.7. The molecule has 3 rings (SSSR count). The van der Waals surface area contributed by atoms with E-state index in [4.69, 9.17) is 18.9 Å². The number of hydrogen-bond acceptors (Lipinski definition) is 7. The molecule has 0 radical (unpaired) electrons. The highest BCUT2D eigenvalue weighted by atomic mass is 19.1. The molecule has 11 heteroatoms. The lowest BCUT2D eigenvalue weighted by Gasteiger charge is -2.19. The molecule has 1 unspecified atom stereocenters. The summed E-state index contributed by atoms with van der Waals surface area (Å²) < 4.78 is 35.9. The molecule has 10 nitrogen and oxygen atoms in total. The van der Waals surface area contributed by atoms with Gasteiger partial charge in [-0.2, -0.15) is 4.39 Å². The normalized spacial score (nSPS) is 11.6. The van der Waals surface area contributed by atoms with Crippen molar-refractivity contribution in [3.8, 4) is 23.0 Å². The average molecular weight is 488 g/mol. The fraction of sp³-hybridized carbons (Fsp3) is 0.292. The zero-order chi connectivity index (χ0) is 25.7. The monoisotopic (exact) mass is 488 g/mol. The Morgan fingerprint density at radius 1 is 0.943 bits per heavy atom. The van der Waals surface area contributed by atoms with Gasteiger partial charge in [-0.05, 0) is 48.2 Å². The minimum absolute atomic E-state index is 0.121. The second-order valence-electron chi connectivity index (χ2n) is 7.49. The number of hydrogen-bond donors (Lipinski definition) is 2. The number of halogens is 1. The fourth-order valence-electron chi connectivity index (χ4n) is 3.78. The number of aryl methyl sites for hydroxylation is 2. The van der Waals surface area contributed by atoms with Crippen LogP contribution in [0, 0.1) is 5.82 Å². The van der Waals surface area contributed by atoms with Crippen LogP contribution in [-0.4, -0.2) is 49.1 Å². The molecule has 2 N–H and O–H groups in total. The van der Waals surface area contributed by atoms with Crippen LogP contribution in [0.15, 0.2) is 46.1 Å². The minimum atomic E-state index is -1.63. The maximum Gasteiger partial charge on any atom is 0.331 e. The molecule has 1 aromatic heterocycles. The molecule has 1 atom stereocenters. The number of rotatable bonds is 10. The summed E-state index contributed by atoms with van der Waals surface area (Å²) in [6.45, 7) is 0. The van der Waals surface area contributed by atoms with Crippen LogP contribution >= 0.6 is 0 Å². The van der Waals surface area contributed by atoms with Gasteiger partial charge in [0.1, 0.15) is 5.75 Å². The van der Waals surface area contributed by atoms with E-state index in [1.165, 1.54) is 28.4 Å². The first-order valence-corrected chi connectivity index (χ1v) is 10.4. The maximum atomic E-state index is 13.9. The number of H-pyrrole nitrogens is 1. The first kappa shape index (κ1) is 25.3. The van der Waals surface area contributed by atoms with Crippen LogP contribution in [-0.2, 0) is 17.6 Å². The zero-order valence-electron chi connectivity index (χ0n) is 19.6. The van der Waals surface area contributed by atoms with Crippen LogP contribution < -0.4 is 30.2 Å². The number of nitrogens with zero attached hydrogens (tertiary/aromatic N) is 1. The standard InChI is InChI=1S/C24H25FN2O8/c1-32-17-8-7-13(5-6-14-10-18(33-2)21(35-4)19(11-14)34-3)9-15(17)20(23(29)30)27-12-16(25)22(28)26-24(27)31/h7-12,20H,5-6H2,1-4H3,(H,29,30)(H,26,28,31). The number of carbonyl (C=O) groups is 1. The third kappa shape index (κ3) is 5.29. The van der Waals surface area contributed by atoms with E-state index in [0.29, 0.717) is 40.9 Å². The van der Waals surface area contributed by atoms with E-state index in [2.05, 4.69) is 0 Å². The third-order valence-electron chi connectivity index (χ3n) is 5.45. The second-order valence-corrected chi connectivity index (χ2v) is 7.49. The summed E-state index contributed by atoms with van der Waals surface area (Å²) in [4.78, 5) is 37.6. The van der Waals surface area contributed by atoms with Gasteiger partial charge in [-0.25, -0.2) is 9.59 Å². The van der Waals surface area contributed by atoms with E-state index < -0.39 is 29.1 Å². The molecule has 3 aromatic rings. The molecule has 1 heterocycles. The Bertz CT molecular complexity index is 1320. The summed E-state index contributed by atoms with van der Waals surface area (Å²) in [6.07, 6.45) is 1.59. The lowest BCUT2D eigenvalue weighted by Crippen LogP contribution is -2.37. The van der Waals surface area contributed by atoms with Crippen molar-refractivity contribution >= 4 is 5.97 Å². The van der Waals surface area contributed by atoms with Crippen LogP contribution in [0.4, 0.5) is 4.39 Å². The van der Waals surface area contributed by atoms with E-state index in [0.717, 1.165) is 11.1 Å². The SMILES string of the molecule is COc1ccc(CCc2cc(OC)c(OC)c(OC)c2)cc1C(C(=O)O)n1cc(F)c(=O)[nH]c1=O. The van der Waals surface area contributed by atoms with Crippen molar-refractivity contribution in [2.45, 2.75) is 18.9 Å². The lowest BCUT2D eigenvalue weighted by atomic mass is 9.98. The average Bonchev–Trinajstić information content (AvgIpc) is 2.85. The molecular weight excluding hydrogens is 463 g/mol. The highest BCUT2D eigenvalue weighted by Crippen LogP contribution is 2.38. The summed E-state index contributed by atoms with van der Waals surface area (Å²) in [5.74, 6) is -1.06. The van der Waals surface area contributed by atoms with E-state index in [1.54, 1.807) is 23.2 Å². The van der Waals surface area contributed by atoms with Crippen LogP contribution in [0.5, 0.6) is 23.0 Å². The van der Waals surface area contributed by atoms with Crippen LogP contribution in [0.25, 0.3) is 0 Å². The number of aromatic nitrogens is 2. The van der Waals surface area contributed by atoms with Gasteiger partial charge in [0, 0.05) is 5.56 Å². The Balaban J connectivity index is 2.00. The van der Waals surface area contributed by atoms with Gasteiger partial charge in [-0.3, -0.25) is 14.3 Å². The van der Waals surface area contributed by atoms with Crippen LogP contribution in [0.2, 0.25) is 0 Å². The Labute approximate surface area is 199 Å². The smallest absolute Gasteiger partial charge is 0.331 e. The van der Waals surface area contributed by atoms with E-state index >= 15 is 0 Å². The number of ether oxygens (including phenoxy) is 4. The molecule has 0 saturated carbocycles. The van der Waals surface area contributed by atoms with Crippen molar-refractivity contribution in [2.75, 3.05) is 28.4 Å². The zero-order valence-corrected chi connectivity index (χ0v) is 19.6. The molecule has 186 valence electrons. The van der Waals surface area contributed by atoms with Crippen molar-refractivity contribution in [1.82, 2.24) is 9.55 Å². The highest BCUT2D eigenvalue weighted by Gasteiger charge is 2.28. The number of carboxylic acids is 1. The Hall–Kier alpha value is -4.28. The second kappa shape index (κ2) is 10.8. The van der Waals surface area contributed by atoms with Gasteiger partial charge in [-0.15, -0.1) is 0 Å². The third-order valence-corrected chi connectivity index (χ3v) is 5.45. The van der Waals surface area contributed by atoms with E-state index in [9.17, 15) is 23.9 Å². The summed E-state index contributed by atoms with van der Waals surface area (Å²) in [6, 6.07) is 6.90. The lowest BCUT2D eigenvalue weighted by molar-refractivity contribution is -0.139. The first-order valence-electron chi connectivity index (χ1n) is 10.4. The molecule has 0 fully saturated rings. The van der Waals surface area contributed by atoms with Crippen LogP contribution in [0.3, 0.4) is 0 Å². The summed E-state index contributed by atoms with van der Waals surface area (Å²) in [5.41, 5.74) is -0.560. The number of aromatic amines is 1. The minimum Gasteiger partial charge on any atom is -0.496 e. The predicted molar refractivity (Wildman–Crippen MR) is 124 cm³/mol. The van der Waals surface area contributed by atoms with Crippen molar-refractivity contribution in [2.24, 2.45) is 0 Å². The van der Waals surface area contributed by atoms with Gasteiger partial charge in [-0.1, -0.05) is 6.07 Å². The quantitative estimate of drug-likeness (QED) is 0.444. The topological polar surface area (TPSA) is 129 Å². The van der Waals surface area contributed by atoms with Gasteiger partial charge in [0.25, 0.3) is 5.56 Å². The fourth-order valence-corrected chi connectivity index (χ4v) is 3.78. The Morgan fingerprint density at radius 3 is 2.09 bits per heavy atom. The highest BCUT2D eigenvalue weighted by molar-refractivity contribution is 5.77. The van der Waals surface area contributed by atoms with Crippen molar-refractivity contribution < 1.29 is 33.2 Å². The number of aliphatic carboxylic acids is 1. The van der Waals surface area contributed by atoms with Gasteiger partial charge in [0.15, 0.2) is 17.5 Å². The summed E-state index contributed by atoms with van der Waals surface area (Å²) in [5, 5.41) is 9.88. The van der Waals surface area contributed by atoms with Gasteiger partial charge in [0.05, 0.1) is 34.6 Å². The molecule has 0 aliphatic rings. The van der Waals surface area contributed by atoms with Crippen molar-refractivity contribution in [3.05, 3.63) is 79.9 Å². The van der Waals surface area contributed by atoms with Gasteiger partial charge in [0.2, 0.25) is 11.6 Å². The van der Waals surface area contributed by atoms with Crippen molar-refractivity contribution in [3.63, 3.8) is 0 Å². The maximum absolute atomic E-state index is 13.9. The Kier molecular flexibility index (Phi) is 7.80. The molecule has 2 aromatic carbocycles. The number of benzene rings is 2. The molecular formula is C24H25FN2O8. The van der Waals surface area contributed by atoms with Crippen molar-refractivity contribution in [1.29, 1.82) is 0 Å². The van der Waals surface area contributed by atoms with Gasteiger partial charge >= 0.3 is 11.7 Å².